The molecule has 1 rings (SSSR count). The van der Waals surface area contributed by atoms with Gasteiger partial charge in [-0.2, -0.15) is 0 Å². The topological polar surface area (TPSA) is 20.2 Å². The Kier molecular flexibility index (Phi) is 7.21. The maximum atomic E-state index is 8.98. The van der Waals surface area contributed by atoms with Crippen LogP contribution in [0.25, 0.3) is 0 Å². The molecule has 1 aromatic rings. The van der Waals surface area contributed by atoms with Crippen LogP contribution in [-0.2, 0) is 0 Å². The van der Waals surface area contributed by atoms with E-state index in [1.54, 1.807) is 18.2 Å². The fourth-order valence-corrected chi connectivity index (χ4v) is 1.53. The van der Waals surface area contributed by atoms with E-state index in [-0.39, 0.29) is 5.75 Å². The van der Waals surface area contributed by atoms with Gasteiger partial charge in [0.05, 0.1) is 4.47 Å². The molecule has 0 unspecified atom stereocenters. The molecule has 0 radical (unpaired) electrons. The lowest BCUT2D eigenvalue weighted by molar-refractivity contribution is 0.472. The van der Waals surface area contributed by atoms with E-state index < -0.39 is 3.25 Å². The highest BCUT2D eigenvalue weighted by Crippen LogP contribution is 2.29. The van der Waals surface area contributed by atoms with Crippen molar-refractivity contribution < 1.29 is 5.11 Å². The first kappa shape index (κ1) is 15.1. The molecule has 14 heavy (non-hydrogen) atoms. The van der Waals surface area contributed by atoms with Gasteiger partial charge in [0.25, 0.3) is 3.25 Å². The predicted octanol–water partition coefficient (Wildman–Crippen LogP) is 5.47. The van der Waals surface area contributed by atoms with Crippen molar-refractivity contribution >= 4 is 78.3 Å². The summed E-state index contributed by atoms with van der Waals surface area (Å²) in [7, 11) is 0. The lowest BCUT2D eigenvalue weighted by Gasteiger charge is -1.94. The maximum absolute atomic E-state index is 8.98. The first-order valence-electron chi connectivity index (χ1n) is 3.10. The fourth-order valence-electron chi connectivity index (χ4n) is 0.481. The summed E-state index contributed by atoms with van der Waals surface area (Å²) in [6.07, 6.45) is 0. The molecule has 0 aliphatic heterocycles. The molecule has 1 N–H and O–H groups in total. The van der Waals surface area contributed by atoms with Crippen LogP contribution in [0.3, 0.4) is 0 Å². The number of hydrogen-bond acceptors (Lipinski definition) is 1. The Morgan fingerprint density at radius 1 is 1.07 bits per heavy atom. The molecule has 1 aromatic carbocycles. The third-order valence-corrected chi connectivity index (χ3v) is 2.04. The smallest absolute Gasteiger partial charge is 0.266 e. The Hall–Kier alpha value is 1.14. The van der Waals surface area contributed by atoms with Crippen LogP contribution in [0.5, 0.6) is 5.75 Å². The highest BCUT2D eigenvalue weighted by Gasteiger charge is 2.11. The number of halogens is 6. The van der Waals surface area contributed by atoms with Crippen LogP contribution in [0.15, 0.2) is 27.1 Å². The molecule has 80 valence electrons. The second-order valence-corrected chi connectivity index (χ2v) is 7.22. The first-order chi connectivity index (χ1) is 6.20. The van der Waals surface area contributed by atoms with Crippen molar-refractivity contribution in [3.63, 3.8) is 0 Å². The Bertz CT molecular complexity index is 294. The van der Waals surface area contributed by atoms with Gasteiger partial charge in [-0.1, -0.05) is 62.3 Å². The van der Waals surface area contributed by atoms with Gasteiger partial charge in [0.2, 0.25) is 0 Å². The van der Waals surface area contributed by atoms with Crippen molar-refractivity contribution in [3.8, 4) is 5.75 Å². The van der Waals surface area contributed by atoms with Crippen LogP contribution >= 0.6 is 78.3 Å². The zero-order chi connectivity index (χ0) is 11.4. The fraction of sp³-hybridized carbons (Fsp3) is 0.143. The normalized spacial score (nSPS) is 10.4. The second-order valence-electron chi connectivity index (χ2n) is 2.02. The van der Waals surface area contributed by atoms with E-state index in [9.17, 15) is 0 Å². The van der Waals surface area contributed by atoms with E-state index >= 15 is 0 Å². The van der Waals surface area contributed by atoms with Crippen molar-refractivity contribution in [2.45, 2.75) is 3.25 Å². The highest BCUT2D eigenvalue weighted by atomic mass is 79.9. The Morgan fingerprint density at radius 3 is 1.79 bits per heavy atom. The summed E-state index contributed by atoms with van der Waals surface area (Å²) in [5.74, 6) is 0.262. The molecule has 0 saturated heterocycles. The molecule has 0 amide bonds. The summed E-state index contributed by atoms with van der Waals surface area (Å²) in [6, 6.07) is 5.18. The number of phenolic OH excluding ortho intramolecular Hbond substituents is 1. The zero-order valence-electron chi connectivity index (χ0n) is 6.45. The summed E-state index contributed by atoms with van der Waals surface area (Å²) in [4.78, 5) is 0. The van der Waals surface area contributed by atoms with Gasteiger partial charge >= 0.3 is 0 Å². The van der Waals surface area contributed by atoms with Gasteiger partial charge in [-0.3, -0.25) is 0 Å². The number of rotatable bonds is 0. The average Bonchev–Trinajstić information content (AvgIpc) is 1.94. The van der Waals surface area contributed by atoms with Gasteiger partial charge in [-0.05, 0) is 34.1 Å². The molecule has 0 aliphatic rings. The summed E-state index contributed by atoms with van der Waals surface area (Å²) in [5.41, 5.74) is 0. The molecule has 1 nitrogen and oxygen atoms in total. The standard InChI is InChI=1S/C6H4Br2O.CCl4/c7-4-1-2-6(9)5(8)3-4;2-1(3,4)5/h1-3,9H;. The third-order valence-electron chi connectivity index (χ3n) is 0.910. The average molecular weight is 406 g/mol. The van der Waals surface area contributed by atoms with Gasteiger partial charge in [-0.25, -0.2) is 0 Å². The van der Waals surface area contributed by atoms with Crippen LogP contribution in [0.2, 0.25) is 0 Å². The minimum absolute atomic E-state index is 0.262. The van der Waals surface area contributed by atoms with Crippen LogP contribution in [-0.4, -0.2) is 8.36 Å². The van der Waals surface area contributed by atoms with Crippen molar-refractivity contribution in [3.05, 3.63) is 27.1 Å². The summed E-state index contributed by atoms with van der Waals surface area (Å²) < 4.78 is 0.0454. The summed E-state index contributed by atoms with van der Waals surface area (Å²) >= 11 is 25.7. The van der Waals surface area contributed by atoms with E-state index in [2.05, 4.69) is 31.9 Å². The van der Waals surface area contributed by atoms with Crippen molar-refractivity contribution in [1.29, 1.82) is 0 Å². The maximum Gasteiger partial charge on any atom is 0.266 e. The first-order valence-corrected chi connectivity index (χ1v) is 6.19. The number of benzene rings is 1. The van der Waals surface area contributed by atoms with Crippen molar-refractivity contribution in [1.82, 2.24) is 0 Å². The van der Waals surface area contributed by atoms with Gasteiger partial charge < -0.3 is 5.11 Å². The molecular weight excluding hydrogens is 402 g/mol. The molecule has 0 saturated carbocycles. The van der Waals surface area contributed by atoms with Crippen LogP contribution < -0.4 is 0 Å². The molecule has 0 atom stereocenters. The molecule has 0 spiro atoms. The minimum atomic E-state index is -1.61. The summed E-state index contributed by atoms with van der Waals surface area (Å²) in [6.45, 7) is 0. The van der Waals surface area contributed by atoms with Gasteiger partial charge in [0.1, 0.15) is 5.75 Å². The molecule has 0 fully saturated rings. The molecule has 0 aromatic heterocycles. The number of hydrogen-bond donors (Lipinski definition) is 1. The Morgan fingerprint density at radius 2 is 1.50 bits per heavy atom. The molecule has 7 heteroatoms. The van der Waals surface area contributed by atoms with E-state index in [0.717, 1.165) is 4.47 Å². The van der Waals surface area contributed by atoms with E-state index in [4.69, 9.17) is 51.5 Å². The number of phenols is 1. The number of alkyl halides is 4. The molecule has 0 bridgehead atoms. The lowest BCUT2D eigenvalue weighted by atomic mass is 10.3. The van der Waals surface area contributed by atoms with Gasteiger partial charge in [-0.15, -0.1) is 0 Å². The van der Waals surface area contributed by atoms with Crippen LogP contribution in [0.4, 0.5) is 0 Å². The monoisotopic (exact) mass is 402 g/mol. The quantitative estimate of drug-likeness (QED) is 0.567. The highest BCUT2D eigenvalue weighted by molar-refractivity contribution is 9.11. The van der Waals surface area contributed by atoms with Gasteiger partial charge in [0, 0.05) is 4.47 Å². The molecular formula is C7H4Br2Cl4O. The SMILES string of the molecule is ClC(Cl)(Cl)Cl.Oc1ccc(Br)cc1Br. The minimum Gasteiger partial charge on any atom is -0.507 e. The van der Waals surface area contributed by atoms with Crippen molar-refractivity contribution in [2.75, 3.05) is 0 Å². The molecule has 0 heterocycles. The Labute approximate surface area is 119 Å². The van der Waals surface area contributed by atoms with E-state index in [1.807, 2.05) is 0 Å². The third kappa shape index (κ3) is 9.69. The molecule has 0 aliphatic carbocycles. The Balaban J connectivity index is 0.000000292. The van der Waals surface area contributed by atoms with E-state index in [1.165, 1.54) is 0 Å². The van der Waals surface area contributed by atoms with E-state index in [0.29, 0.717) is 4.47 Å². The van der Waals surface area contributed by atoms with Gasteiger partial charge in [0.15, 0.2) is 0 Å². The van der Waals surface area contributed by atoms with Crippen LogP contribution in [0, 0.1) is 0 Å². The second kappa shape index (κ2) is 6.66. The van der Waals surface area contributed by atoms with Crippen molar-refractivity contribution in [2.24, 2.45) is 0 Å². The summed E-state index contributed by atoms with van der Waals surface area (Å²) in [5, 5.41) is 8.98. The predicted molar refractivity (Wildman–Crippen MR) is 69.6 cm³/mol. The van der Waals surface area contributed by atoms with Crippen LogP contribution in [0.1, 0.15) is 0 Å². The zero-order valence-corrected chi connectivity index (χ0v) is 12.6. The lowest BCUT2D eigenvalue weighted by Crippen LogP contribution is -1.81. The largest absolute Gasteiger partial charge is 0.507 e. The number of aromatic hydroxyl groups is 1.